The van der Waals surface area contributed by atoms with Gasteiger partial charge in [0, 0.05) is 57.2 Å². The SMILES string of the molecule is Cc1c([C@H]2C[C@H](C(=O)N3CCN(c4ccc(F)cc4)CC3)N(C)S(=O)(=O)N2)cnn1C. The highest BCUT2D eigenvalue weighted by atomic mass is 32.2. The Morgan fingerprint density at radius 2 is 1.77 bits per heavy atom. The number of hydrogen-bond donors (Lipinski definition) is 1. The summed E-state index contributed by atoms with van der Waals surface area (Å²) in [6.45, 7) is 4.03. The largest absolute Gasteiger partial charge is 0.368 e. The summed E-state index contributed by atoms with van der Waals surface area (Å²) in [5.74, 6) is -0.482. The number of piperazine rings is 1. The van der Waals surface area contributed by atoms with Gasteiger partial charge in [0.25, 0.3) is 10.2 Å². The van der Waals surface area contributed by atoms with Gasteiger partial charge in [0.15, 0.2) is 0 Å². The van der Waals surface area contributed by atoms with Crippen molar-refractivity contribution in [2.75, 3.05) is 38.1 Å². The summed E-state index contributed by atoms with van der Waals surface area (Å²) >= 11 is 0. The molecular weight excluding hydrogens is 423 g/mol. The first-order valence-electron chi connectivity index (χ1n) is 10.2. The minimum Gasteiger partial charge on any atom is -0.368 e. The van der Waals surface area contributed by atoms with E-state index in [2.05, 4.69) is 14.7 Å². The quantitative estimate of drug-likeness (QED) is 0.747. The number of aromatic nitrogens is 2. The summed E-state index contributed by atoms with van der Waals surface area (Å²) < 4.78 is 44.1. The molecule has 168 valence electrons. The van der Waals surface area contributed by atoms with Crippen LogP contribution < -0.4 is 9.62 Å². The summed E-state index contributed by atoms with van der Waals surface area (Å²) in [6.07, 6.45) is 1.98. The summed E-state index contributed by atoms with van der Waals surface area (Å²) in [7, 11) is -0.570. The maximum atomic E-state index is 13.3. The molecule has 2 atom stereocenters. The molecule has 0 saturated carbocycles. The Balaban J connectivity index is 1.48. The molecule has 2 aliphatic rings. The molecule has 0 radical (unpaired) electrons. The Hall–Kier alpha value is -2.50. The van der Waals surface area contributed by atoms with Gasteiger partial charge in [-0.2, -0.15) is 22.5 Å². The molecule has 1 aromatic heterocycles. The van der Waals surface area contributed by atoms with Gasteiger partial charge in [0.1, 0.15) is 11.9 Å². The monoisotopic (exact) mass is 450 g/mol. The number of halogens is 1. The van der Waals surface area contributed by atoms with Crippen molar-refractivity contribution >= 4 is 21.8 Å². The van der Waals surface area contributed by atoms with Gasteiger partial charge in [-0.15, -0.1) is 0 Å². The van der Waals surface area contributed by atoms with E-state index in [9.17, 15) is 17.6 Å². The second kappa shape index (κ2) is 8.21. The smallest absolute Gasteiger partial charge is 0.280 e. The Bertz CT molecular complexity index is 1060. The van der Waals surface area contributed by atoms with E-state index in [0.29, 0.717) is 32.6 Å². The number of hydrogen-bond acceptors (Lipinski definition) is 5. The number of likely N-dealkylation sites (N-methyl/N-ethyl adjacent to an activating group) is 1. The lowest BCUT2D eigenvalue weighted by Crippen LogP contribution is -2.60. The lowest BCUT2D eigenvalue weighted by Gasteiger charge is -2.41. The molecule has 4 rings (SSSR count). The Kier molecular flexibility index (Phi) is 5.75. The number of nitrogens with zero attached hydrogens (tertiary/aromatic N) is 5. The third-order valence-electron chi connectivity index (χ3n) is 6.28. The second-order valence-corrected chi connectivity index (χ2v) is 9.80. The van der Waals surface area contributed by atoms with Crippen LogP contribution in [0.25, 0.3) is 0 Å². The minimum absolute atomic E-state index is 0.196. The number of amides is 1. The highest BCUT2D eigenvalue weighted by molar-refractivity contribution is 7.87. The third-order valence-corrected chi connectivity index (χ3v) is 7.88. The number of carbonyl (C=O) groups excluding carboxylic acids is 1. The molecule has 1 aromatic carbocycles. The molecule has 0 aliphatic carbocycles. The van der Waals surface area contributed by atoms with Crippen LogP contribution in [0.2, 0.25) is 0 Å². The molecule has 0 unspecified atom stereocenters. The first-order chi connectivity index (χ1) is 14.7. The molecular formula is C20H27FN6O3S. The van der Waals surface area contributed by atoms with Crippen LogP contribution in [0, 0.1) is 12.7 Å². The normalized spacial score (nSPS) is 24.4. The molecule has 0 bridgehead atoms. The molecule has 31 heavy (non-hydrogen) atoms. The Morgan fingerprint density at radius 1 is 1.13 bits per heavy atom. The number of nitrogens with one attached hydrogen (secondary N) is 1. The van der Waals surface area contributed by atoms with Crippen molar-refractivity contribution in [2.24, 2.45) is 7.05 Å². The number of aryl methyl sites for hydroxylation is 1. The first-order valence-corrected chi connectivity index (χ1v) is 11.6. The fraction of sp³-hybridized carbons (Fsp3) is 0.500. The summed E-state index contributed by atoms with van der Waals surface area (Å²) in [5.41, 5.74) is 2.54. The third kappa shape index (κ3) is 4.17. The maximum Gasteiger partial charge on any atom is 0.280 e. The van der Waals surface area contributed by atoms with Gasteiger partial charge < -0.3 is 9.80 Å². The summed E-state index contributed by atoms with van der Waals surface area (Å²) in [4.78, 5) is 17.1. The Morgan fingerprint density at radius 3 is 2.35 bits per heavy atom. The minimum atomic E-state index is -3.80. The van der Waals surface area contributed by atoms with Crippen LogP contribution in [0.3, 0.4) is 0 Å². The van der Waals surface area contributed by atoms with Crippen molar-refractivity contribution in [3.8, 4) is 0 Å². The van der Waals surface area contributed by atoms with E-state index in [1.165, 1.54) is 19.2 Å². The van der Waals surface area contributed by atoms with Crippen molar-refractivity contribution in [1.29, 1.82) is 0 Å². The molecule has 2 fully saturated rings. The molecule has 2 aliphatic heterocycles. The van der Waals surface area contributed by atoms with Crippen LogP contribution in [0.5, 0.6) is 0 Å². The molecule has 1 amide bonds. The maximum absolute atomic E-state index is 13.3. The predicted molar refractivity (Wildman–Crippen MR) is 114 cm³/mol. The second-order valence-electron chi connectivity index (χ2n) is 8.04. The van der Waals surface area contributed by atoms with E-state index in [1.54, 1.807) is 35.0 Å². The van der Waals surface area contributed by atoms with Crippen LogP contribution >= 0.6 is 0 Å². The van der Waals surface area contributed by atoms with Crippen molar-refractivity contribution in [3.63, 3.8) is 0 Å². The zero-order valence-corrected chi connectivity index (χ0v) is 18.6. The fourth-order valence-electron chi connectivity index (χ4n) is 4.20. The molecule has 3 heterocycles. The van der Waals surface area contributed by atoms with Crippen LogP contribution in [-0.4, -0.2) is 72.6 Å². The van der Waals surface area contributed by atoms with Crippen LogP contribution in [0.1, 0.15) is 23.7 Å². The number of carbonyl (C=O) groups is 1. The van der Waals surface area contributed by atoms with E-state index in [-0.39, 0.29) is 11.7 Å². The van der Waals surface area contributed by atoms with Crippen molar-refractivity contribution in [1.82, 2.24) is 23.7 Å². The standard InChI is InChI=1S/C20H27FN6O3S/c1-14-17(13-22-24(14)2)18-12-19(25(3)31(29,30)23-18)20(28)27-10-8-26(9-11-27)16-6-4-15(21)5-7-16/h4-7,13,18-19,23H,8-12H2,1-3H3/t18-,19-/m1/s1. The van der Waals surface area contributed by atoms with E-state index < -0.39 is 22.3 Å². The predicted octanol–water partition coefficient (Wildman–Crippen LogP) is 0.796. The van der Waals surface area contributed by atoms with Gasteiger partial charge in [0.05, 0.1) is 12.2 Å². The molecule has 0 spiro atoms. The average Bonchev–Trinajstić information content (AvgIpc) is 3.08. The van der Waals surface area contributed by atoms with Crippen LogP contribution in [-0.2, 0) is 22.1 Å². The van der Waals surface area contributed by atoms with Crippen LogP contribution in [0.15, 0.2) is 30.5 Å². The van der Waals surface area contributed by atoms with Crippen molar-refractivity contribution in [3.05, 3.63) is 47.5 Å². The highest BCUT2D eigenvalue weighted by Gasteiger charge is 2.43. The van der Waals surface area contributed by atoms with E-state index in [1.807, 2.05) is 6.92 Å². The zero-order chi connectivity index (χ0) is 22.3. The highest BCUT2D eigenvalue weighted by Crippen LogP contribution is 2.30. The Labute approximate surface area is 181 Å². The fourth-order valence-corrected chi connectivity index (χ4v) is 5.46. The number of rotatable bonds is 3. The van der Waals surface area contributed by atoms with Gasteiger partial charge in [-0.3, -0.25) is 9.48 Å². The zero-order valence-electron chi connectivity index (χ0n) is 17.8. The van der Waals surface area contributed by atoms with E-state index in [4.69, 9.17) is 0 Å². The number of anilines is 1. The van der Waals surface area contributed by atoms with Crippen molar-refractivity contribution < 1.29 is 17.6 Å². The summed E-state index contributed by atoms with van der Waals surface area (Å²) in [5, 5.41) is 4.20. The molecule has 11 heteroatoms. The van der Waals surface area contributed by atoms with Gasteiger partial charge in [-0.25, -0.2) is 4.39 Å². The van der Waals surface area contributed by atoms with Gasteiger partial charge in [-0.05, 0) is 37.6 Å². The lowest BCUT2D eigenvalue weighted by molar-refractivity contribution is -0.136. The number of benzene rings is 1. The molecule has 1 N–H and O–H groups in total. The molecule has 9 nitrogen and oxygen atoms in total. The molecule has 2 saturated heterocycles. The van der Waals surface area contributed by atoms with Crippen molar-refractivity contribution in [2.45, 2.75) is 25.4 Å². The average molecular weight is 451 g/mol. The van der Waals surface area contributed by atoms with E-state index >= 15 is 0 Å². The topological polar surface area (TPSA) is 90.8 Å². The van der Waals surface area contributed by atoms with Crippen LogP contribution in [0.4, 0.5) is 10.1 Å². The van der Waals surface area contributed by atoms with Gasteiger partial charge >= 0.3 is 0 Å². The van der Waals surface area contributed by atoms with Gasteiger partial charge in [0.2, 0.25) is 5.91 Å². The van der Waals surface area contributed by atoms with Gasteiger partial charge in [-0.1, -0.05) is 0 Å². The first kappa shape index (κ1) is 21.7. The molecule has 2 aromatic rings. The van der Waals surface area contributed by atoms with E-state index in [0.717, 1.165) is 21.2 Å². The lowest BCUT2D eigenvalue weighted by atomic mass is 9.99. The summed E-state index contributed by atoms with van der Waals surface area (Å²) in [6, 6.07) is 4.99.